The summed E-state index contributed by atoms with van der Waals surface area (Å²) >= 11 is 11.4. The van der Waals surface area contributed by atoms with Gasteiger partial charge in [0.15, 0.2) is 11.5 Å². The number of alkyl halides is 4. The molecule has 2 unspecified atom stereocenters. The fourth-order valence-corrected chi connectivity index (χ4v) is 4.75. The van der Waals surface area contributed by atoms with Crippen LogP contribution in [0.5, 0.6) is 0 Å². The van der Waals surface area contributed by atoms with Crippen molar-refractivity contribution in [3.05, 3.63) is 69.2 Å². The second kappa shape index (κ2) is 8.99. The number of hydrogen-bond donors (Lipinski definition) is 1. The first-order valence-electron chi connectivity index (χ1n) is 9.88. The second-order valence-corrected chi connectivity index (χ2v) is 10.4. The van der Waals surface area contributed by atoms with Crippen LogP contribution in [0.3, 0.4) is 0 Å². The third kappa shape index (κ3) is 4.64. The zero-order valence-electron chi connectivity index (χ0n) is 17.8. The number of halogens is 7. The molecule has 1 aromatic carbocycles. The van der Waals surface area contributed by atoms with Crippen LogP contribution in [0.15, 0.2) is 36.5 Å². The Kier molecular flexibility index (Phi) is 6.62. The molecule has 2 aromatic rings. The van der Waals surface area contributed by atoms with Crippen LogP contribution in [-0.2, 0) is 31.7 Å². The molecule has 1 aromatic heterocycles. The fourth-order valence-electron chi connectivity index (χ4n) is 3.74. The molecule has 0 radical (unpaired) electrons. The number of likely N-dealkylation sites (tertiary alicyclic amines) is 1. The maximum Gasteiger partial charge on any atom is 0.428 e. The molecule has 4 rings (SSSR count). The Morgan fingerprint density at radius 2 is 1.89 bits per heavy atom. The van der Waals surface area contributed by atoms with Gasteiger partial charge in [-0.25, -0.2) is 8.78 Å². The van der Waals surface area contributed by atoms with E-state index in [1.54, 1.807) is 0 Å². The number of aromatic nitrogens is 1. The molecule has 6 nitrogen and oxygen atoms in total. The van der Waals surface area contributed by atoms with Crippen LogP contribution in [0.4, 0.5) is 22.0 Å². The topological polar surface area (TPSA) is 71.5 Å². The van der Waals surface area contributed by atoms with E-state index in [4.69, 9.17) is 28.0 Å². The lowest BCUT2D eigenvalue weighted by molar-refractivity contribution is -0.269. The third-order valence-electron chi connectivity index (χ3n) is 5.60. The first-order chi connectivity index (χ1) is 16.3. The van der Waals surface area contributed by atoms with Crippen molar-refractivity contribution in [3.8, 4) is 0 Å². The number of nitrogens with one attached hydrogen (secondary N) is 1. The van der Waals surface area contributed by atoms with Gasteiger partial charge in [-0.1, -0.05) is 23.2 Å². The summed E-state index contributed by atoms with van der Waals surface area (Å²) in [6, 6.07) is 4.16. The summed E-state index contributed by atoms with van der Waals surface area (Å²) in [6.45, 7) is -0.550. The smallest absolute Gasteiger partial charge is 0.334 e. The van der Waals surface area contributed by atoms with Crippen molar-refractivity contribution in [2.75, 3.05) is 25.1 Å². The monoisotopic (exact) mass is 555 g/mol. The minimum absolute atomic E-state index is 0.0124. The number of rotatable bonds is 5. The molecule has 1 amide bonds. The Morgan fingerprint density at radius 3 is 2.40 bits per heavy atom. The minimum atomic E-state index is -4.99. The van der Waals surface area contributed by atoms with Crippen LogP contribution in [0, 0.1) is 5.82 Å². The Morgan fingerprint density at radius 1 is 1.26 bits per heavy atom. The van der Waals surface area contributed by atoms with Gasteiger partial charge >= 0.3 is 6.18 Å². The van der Waals surface area contributed by atoms with Crippen LogP contribution in [0.2, 0.25) is 10.0 Å². The molecule has 0 saturated carbocycles. The van der Waals surface area contributed by atoms with Crippen LogP contribution in [-0.4, -0.2) is 51.3 Å². The van der Waals surface area contributed by atoms with Gasteiger partial charge < -0.3 is 4.90 Å². The SMILES string of the molecule is CS(=O)CC(=O)N1CC(F)(c2ccc(C3=CC(c4cc(Cl)c(F)c(Cl)c4)(C(F)(F)F)ON3)cn2)C1. The second-order valence-electron chi connectivity index (χ2n) is 8.11. The summed E-state index contributed by atoms with van der Waals surface area (Å²) in [6.07, 6.45) is -1.75. The van der Waals surface area contributed by atoms with Gasteiger partial charge in [0.05, 0.1) is 34.5 Å². The van der Waals surface area contributed by atoms with Gasteiger partial charge in [-0.05, 0) is 30.3 Å². The zero-order chi connectivity index (χ0) is 25.8. The van der Waals surface area contributed by atoms with Crippen LogP contribution in [0.25, 0.3) is 5.70 Å². The van der Waals surface area contributed by atoms with Crippen molar-refractivity contribution in [2.45, 2.75) is 17.4 Å². The number of hydroxylamine groups is 1. The highest BCUT2D eigenvalue weighted by molar-refractivity contribution is 7.85. The van der Waals surface area contributed by atoms with E-state index >= 15 is 4.39 Å². The van der Waals surface area contributed by atoms with Crippen LogP contribution >= 0.6 is 23.2 Å². The number of pyridine rings is 1. The molecule has 0 bridgehead atoms. The maximum absolute atomic E-state index is 15.1. The summed E-state index contributed by atoms with van der Waals surface area (Å²) in [5, 5.41) is -1.22. The summed E-state index contributed by atoms with van der Waals surface area (Å²) in [5.74, 6) is -1.73. The first-order valence-corrected chi connectivity index (χ1v) is 12.4. The predicted octanol–water partition coefficient (Wildman–Crippen LogP) is 4.25. The number of carbonyl (C=O) groups excluding carboxylic acids is 1. The maximum atomic E-state index is 15.1. The molecular weight excluding hydrogens is 540 g/mol. The highest BCUT2D eigenvalue weighted by Crippen LogP contribution is 2.48. The number of carbonyl (C=O) groups is 1. The van der Waals surface area contributed by atoms with Gasteiger partial charge in [0.25, 0.3) is 0 Å². The molecular formula is C21H16Cl2F5N3O3S. The van der Waals surface area contributed by atoms with E-state index in [2.05, 4.69) is 10.5 Å². The van der Waals surface area contributed by atoms with Crippen molar-refractivity contribution in [1.82, 2.24) is 15.4 Å². The molecule has 3 heterocycles. The van der Waals surface area contributed by atoms with Crippen molar-refractivity contribution >= 4 is 45.6 Å². The molecule has 14 heteroatoms. The Bertz CT molecular complexity index is 1210. The normalized spacial score (nSPS) is 22.3. The van der Waals surface area contributed by atoms with E-state index in [0.717, 1.165) is 24.4 Å². The summed E-state index contributed by atoms with van der Waals surface area (Å²) in [5.41, 5.74) is -3.31. The van der Waals surface area contributed by atoms with Gasteiger partial charge in [-0.2, -0.15) is 13.2 Å². The Labute approximate surface area is 208 Å². The molecule has 2 aliphatic rings. The summed E-state index contributed by atoms with van der Waals surface area (Å²) in [7, 11) is -1.36. The molecule has 2 aliphatic heterocycles. The van der Waals surface area contributed by atoms with Crippen molar-refractivity contribution in [2.24, 2.45) is 0 Å². The van der Waals surface area contributed by atoms with Gasteiger partial charge in [0.1, 0.15) is 5.75 Å². The van der Waals surface area contributed by atoms with Gasteiger partial charge in [0, 0.05) is 34.4 Å². The summed E-state index contributed by atoms with van der Waals surface area (Å²) < 4.78 is 82.4. The van der Waals surface area contributed by atoms with Gasteiger partial charge in [-0.15, -0.1) is 0 Å². The molecule has 188 valence electrons. The number of nitrogens with zero attached hydrogens (tertiary/aromatic N) is 2. The van der Waals surface area contributed by atoms with Gasteiger partial charge in [0.2, 0.25) is 11.5 Å². The lowest BCUT2D eigenvalue weighted by atomic mass is 9.90. The number of amides is 1. The molecule has 1 saturated heterocycles. The van der Waals surface area contributed by atoms with E-state index in [-0.39, 0.29) is 35.8 Å². The standard InChI is InChI=1S/C21H16Cl2F5N3O3S/c1-35(33)8-17(32)31-9-19(25,10-31)16-3-2-11(7-29-16)15-6-20(34-30-15,21(26,27)28)12-4-13(22)18(24)14(23)5-12/h2-7,30H,8-10H2,1H3. The summed E-state index contributed by atoms with van der Waals surface area (Å²) in [4.78, 5) is 22.0. The molecule has 0 spiro atoms. The predicted molar refractivity (Wildman–Crippen MR) is 119 cm³/mol. The number of benzene rings is 1. The van der Waals surface area contributed by atoms with E-state index < -0.39 is 55.6 Å². The highest BCUT2D eigenvalue weighted by atomic mass is 35.5. The van der Waals surface area contributed by atoms with Crippen molar-refractivity contribution in [3.63, 3.8) is 0 Å². The fraction of sp³-hybridized carbons (Fsp3) is 0.333. The number of hydrogen-bond acceptors (Lipinski definition) is 5. The first kappa shape index (κ1) is 25.8. The molecule has 2 atom stereocenters. The van der Waals surface area contributed by atoms with E-state index in [1.807, 2.05) is 0 Å². The van der Waals surface area contributed by atoms with E-state index in [9.17, 15) is 26.6 Å². The minimum Gasteiger partial charge on any atom is -0.334 e. The highest BCUT2D eigenvalue weighted by Gasteiger charge is 2.60. The largest absolute Gasteiger partial charge is 0.428 e. The van der Waals surface area contributed by atoms with E-state index in [0.29, 0.717) is 0 Å². The molecule has 35 heavy (non-hydrogen) atoms. The lowest BCUT2D eigenvalue weighted by Gasteiger charge is -2.43. The third-order valence-corrected chi connectivity index (χ3v) is 6.80. The molecule has 1 N–H and O–H groups in total. The molecule has 1 fully saturated rings. The quantitative estimate of drug-likeness (QED) is 0.441. The average molecular weight is 556 g/mol. The van der Waals surface area contributed by atoms with E-state index in [1.165, 1.54) is 23.3 Å². The Balaban J connectivity index is 1.59. The lowest BCUT2D eigenvalue weighted by Crippen LogP contribution is -2.60. The molecule has 0 aliphatic carbocycles. The van der Waals surface area contributed by atoms with Crippen LogP contribution in [0.1, 0.15) is 16.8 Å². The van der Waals surface area contributed by atoms with Gasteiger partial charge in [-0.3, -0.25) is 24.3 Å². The van der Waals surface area contributed by atoms with Crippen molar-refractivity contribution in [1.29, 1.82) is 0 Å². The van der Waals surface area contributed by atoms with Crippen LogP contribution < -0.4 is 5.48 Å². The average Bonchev–Trinajstić information content (AvgIpc) is 3.21. The zero-order valence-corrected chi connectivity index (χ0v) is 20.1. The Hall–Kier alpha value is -2.28. The van der Waals surface area contributed by atoms with Crippen molar-refractivity contribution < 1.29 is 35.8 Å².